The molecule has 4 nitrogen and oxygen atoms in total. The molecule has 0 atom stereocenters. The fourth-order valence-electron chi connectivity index (χ4n) is 1.53. The third kappa shape index (κ3) is 1.91. The molecule has 0 aliphatic carbocycles. The molecule has 0 saturated carbocycles. The van der Waals surface area contributed by atoms with Gasteiger partial charge in [-0.2, -0.15) is 0 Å². The highest BCUT2D eigenvalue weighted by molar-refractivity contribution is 5.98. The highest BCUT2D eigenvalue weighted by atomic mass is 16.1. The summed E-state index contributed by atoms with van der Waals surface area (Å²) < 4.78 is 0. The van der Waals surface area contributed by atoms with Crippen molar-refractivity contribution in [3.8, 4) is 0 Å². The van der Waals surface area contributed by atoms with E-state index in [-0.39, 0.29) is 5.91 Å². The first-order valence-corrected chi connectivity index (χ1v) is 4.98. The van der Waals surface area contributed by atoms with Gasteiger partial charge in [-0.05, 0) is 18.2 Å². The lowest BCUT2D eigenvalue weighted by Gasteiger charge is -1.97. The normalized spacial score (nSPS) is 10.2. The van der Waals surface area contributed by atoms with Gasteiger partial charge in [0.05, 0.1) is 0 Å². The minimum absolute atomic E-state index is 0.144. The van der Waals surface area contributed by atoms with Gasteiger partial charge in [0, 0.05) is 23.1 Å². The fourth-order valence-corrected chi connectivity index (χ4v) is 1.53. The quantitative estimate of drug-likeness (QED) is 0.538. The Morgan fingerprint density at radius 3 is 3.06 bits per heavy atom. The van der Waals surface area contributed by atoms with Crippen molar-refractivity contribution in [1.29, 1.82) is 0 Å². The van der Waals surface area contributed by atoms with Gasteiger partial charge in [-0.15, -0.1) is 6.58 Å². The fraction of sp³-hybridized carbons (Fsp3) is 0.0833. The van der Waals surface area contributed by atoms with E-state index in [1.54, 1.807) is 18.2 Å². The predicted octanol–water partition coefficient (Wildman–Crippen LogP) is 1.67. The van der Waals surface area contributed by atoms with Crippen LogP contribution in [0.25, 0.3) is 10.9 Å². The highest BCUT2D eigenvalue weighted by Crippen LogP contribution is 2.18. The Morgan fingerprint density at radius 1 is 1.50 bits per heavy atom. The zero-order valence-corrected chi connectivity index (χ0v) is 8.79. The first-order chi connectivity index (χ1) is 7.70. The molecule has 4 heteroatoms. The van der Waals surface area contributed by atoms with Crippen LogP contribution in [0.15, 0.2) is 36.9 Å². The van der Waals surface area contributed by atoms with Crippen molar-refractivity contribution >= 4 is 22.5 Å². The number of fused-ring (bicyclic) bond motifs is 1. The van der Waals surface area contributed by atoms with Crippen LogP contribution in [0.1, 0.15) is 10.5 Å². The number of aromatic nitrogens is 1. The Labute approximate surface area is 93.1 Å². The highest BCUT2D eigenvalue weighted by Gasteiger charge is 2.07. The van der Waals surface area contributed by atoms with E-state index in [1.165, 1.54) is 0 Å². The lowest BCUT2D eigenvalue weighted by Crippen LogP contribution is -2.23. The van der Waals surface area contributed by atoms with E-state index in [2.05, 4.69) is 16.9 Å². The van der Waals surface area contributed by atoms with Gasteiger partial charge >= 0.3 is 0 Å². The minimum Gasteiger partial charge on any atom is -0.399 e. The number of carbonyl (C=O) groups is 1. The number of rotatable bonds is 3. The number of carbonyl (C=O) groups excluding carboxylic acids is 1. The third-order valence-electron chi connectivity index (χ3n) is 2.30. The van der Waals surface area contributed by atoms with Crippen LogP contribution >= 0.6 is 0 Å². The molecule has 82 valence electrons. The summed E-state index contributed by atoms with van der Waals surface area (Å²) >= 11 is 0. The maximum atomic E-state index is 11.6. The molecule has 0 radical (unpaired) electrons. The van der Waals surface area contributed by atoms with E-state index in [0.717, 1.165) is 10.9 Å². The average molecular weight is 215 g/mol. The number of hydrogen-bond acceptors (Lipinski definition) is 2. The molecule has 1 amide bonds. The van der Waals surface area contributed by atoms with E-state index in [9.17, 15) is 4.79 Å². The molecule has 0 saturated heterocycles. The molecule has 0 aliphatic heterocycles. The molecule has 0 fully saturated rings. The largest absolute Gasteiger partial charge is 0.399 e. The monoisotopic (exact) mass is 215 g/mol. The van der Waals surface area contributed by atoms with E-state index in [1.807, 2.05) is 12.1 Å². The van der Waals surface area contributed by atoms with Crippen LogP contribution < -0.4 is 11.1 Å². The summed E-state index contributed by atoms with van der Waals surface area (Å²) in [5.74, 6) is -0.144. The Balaban J connectivity index is 2.32. The minimum atomic E-state index is -0.144. The summed E-state index contributed by atoms with van der Waals surface area (Å²) in [5.41, 5.74) is 7.72. The number of aromatic amines is 1. The number of nitrogen functional groups attached to an aromatic ring is 1. The van der Waals surface area contributed by atoms with Crippen molar-refractivity contribution in [2.45, 2.75) is 0 Å². The molecule has 1 heterocycles. The van der Waals surface area contributed by atoms with Crippen LogP contribution in [0, 0.1) is 0 Å². The van der Waals surface area contributed by atoms with Gasteiger partial charge in [0.25, 0.3) is 5.91 Å². The van der Waals surface area contributed by atoms with Gasteiger partial charge in [0.2, 0.25) is 0 Å². The molecule has 0 bridgehead atoms. The van der Waals surface area contributed by atoms with E-state index in [0.29, 0.717) is 17.9 Å². The van der Waals surface area contributed by atoms with Crippen LogP contribution in [0.2, 0.25) is 0 Å². The average Bonchev–Trinajstić information content (AvgIpc) is 2.68. The zero-order chi connectivity index (χ0) is 11.5. The summed E-state index contributed by atoms with van der Waals surface area (Å²) in [6.07, 6.45) is 1.64. The van der Waals surface area contributed by atoms with E-state index >= 15 is 0 Å². The van der Waals surface area contributed by atoms with E-state index in [4.69, 9.17) is 5.73 Å². The van der Waals surface area contributed by atoms with Crippen LogP contribution in [0.3, 0.4) is 0 Å². The number of benzene rings is 1. The second kappa shape index (κ2) is 4.10. The van der Waals surface area contributed by atoms with Crippen molar-refractivity contribution in [3.05, 3.63) is 42.6 Å². The lowest BCUT2D eigenvalue weighted by molar-refractivity contribution is 0.0954. The van der Waals surface area contributed by atoms with Gasteiger partial charge in [-0.1, -0.05) is 12.1 Å². The molecule has 0 unspecified atom stereocenters. The second-order valence-corrected chi connectivity index (χ2v) is 3.53. The molecular weight excluding hydrogens is 202 g/mol. The molecule has 4 N–H and O–H groups in total. The number of nitrogens with one attached hydrogen (secondary N) is 2. The van der Waals surface area contributed by atoms with Crippen molar-refractivity contribution in [1.82, 2.24) is 10.3 Å². The summed E-state index contributed by atoms with van der Waals surface area (Å²) in [6, 6.07) is 7.29. The molecule has 0 spiro atoms. The van der Waals surface area contributed by atoms with Gasteiger partial charge in [-0.3, -0.25) is 4.79 Å². The van der Waals surface area contributed by atoms with Crippen LogP contribution in [0.4, 0.5) is 5.69 Å². The summed E-state index contributed by atoms with van der Waals surface area (Å²) in [6.45, 7) is 3.99. The Hall–Kier alpha value is -2.23. The Morgan fingerprint density at radius 2 is 2.31 bits per heavy atom. The summed E-state index contributed by atoms with van der Waals surface area (Å²) in [4.78, 5) is 14.7. The standard InChI is InChI=1S/C12H13N3O/c1-2-5-14-12(16)11-6-8-3-4-9(13)7-10(8)15-11/h2-4,6-7,15H,1,5,13H2,(H,14,16). The van der Waals surface area contributed by atoms with Crippen molar-refractivity contribution in [2.75, 3.05) is 12.3 Å². The van der Waals surface area contributed by atoms with Gasteiger partial charge in [0.1, 0.15) is 5.69 Å². The number of hydrogen-bond donors (Lipinski definition) is 3. The summed E-state index contributed by atoms with van der Waals surface area (Å²) in [5, 5.41) is 3.68. The number of nitrogens with two attached hydrogens (primary N) is 1. The molecule has 1 aromatic heterocycles. The second-order valence-electron chi connectivity index (χ2n) is 3.53. The predicted molar refractivity (Wildman–Crippen MR) is 65.2 cm³/mol. The summed E-state index contributed by atoms with van der Waals surface area (Å²) in [7, 11) is 0. The van der Waals surface area contributed by atoms with Crippen LogP contribution in [0.5, 0.6) is 0 Å². The van der Waals surface area contributed by atoms with Gasteiger partial charge < -0.3 is 16.0 Å². The smallest absolute Gasteiger partial charge is 0.267 e. The van der Waals surface area contributed by atoms with Crippen molar-refractivity contribution < 1.29 is 4.79 Å². The van der Waals surface area contributed by atoms with Gasteiger partial charge in [-0.25, -0.2) is 0 Å². The first kappa shape index (κ1) is 10.3. The molecule has 1 aromatic carbocycles. The van der Waals surface area contributed by atoms with E-state index < -0.39 is 0 Å². The van der Waals surface area contributed by atoms with Crippen LogP contribution in [-0.4, -0.2) is 17.4 Å². The number of amides is 1. The molecule has 2 aromatic rings. The molecule has 2 rings (SSSR count). The SMILES string of the molecule is C=CCNC(=O)c1cc2ccc(N)cc2[nH]1. The van der Waals surface area contributed by atoms with Crippen molar-refractivity contribution in [2.24, 2.45) is 0 Å². The first-order valence-electron chi connectivity index (χ1n) is 4.98. The Kier molecular flexibility index (Phi) is 2.64. The molecular formula is C12H13N3O. The maximum absolute atomic E-state index is 11.6. The topological polar surface area (TPSA) is 70.9 Å². The number of anilines is 1. The third-order valence-corrected chi connectivity index (χ3v) is 2.30. The zero-order valence-electron chi connectivity index (χ0n) is 8.79. The number of H-pyrrole nitrogens is 1. The maximum Gasteiger partial charge on any atom is 0.267 e. The Bertz CT molecular complexity index is 542. The molecule has 0 aliphatic rings. The van der Waals surface area contributed by atoms with Gasteiger partial charge in [0.15, 0.2) is 0 Å². The van der Waals surface area contributed by atoms with Crippen LogP contribution in [-0.2, 0) is 0 Å². The van der Waals surface area contributed by atoms with Crippen molar-refractivity contribution in [3.63, 3.8) is 0 Å². The lowest BCUT2D eigenvalue weighted by atomic mass is 10.2. The molecule has 16 heavy (non-hydrogen) atoms.